The fourth-order valence-electron chi connectivity index (χ4n) is 6.81. The van der Waals surface area contributed by atoms with E-state index < -0.39 is 7.54 Å². The van der Waals surface area contributed by atoms with Crippen LogP contribution >= 0.6 is 0 Å². The first-order valence-corrected chi connectivity index (χ1v) is 16.0. The van der Waals surface area contributed by atoms with Crippen molar-refractivity contribution in [2.75, 3.05) is 18.0 Å². The summed E-state index contributed by atoms with van der Waals surface area (Å²) in [7, 11) is -3.67. The molecule has 0 bridgehead atoms. The highest BCUT2D eigenvalue weighted by Crippen LogP contribution is 2.46. The lowest BCUT2D eigenvalue weighted by molar-refractivity contribution is -0.438. The second kappa shape index (κ2) is 14.5. The molecule has 45 heavy (non-hydrogen) atoms. The molecule has 6 rings (SSSR count). The Morgan fingerprint density at radius 1 is 0.844 bits per heavy atom. The molecule has 236 valence electrons. The molecule has 2 aliphatic rings. The number of fused-ring (bicyclic) bond motifs is 4. The van der Waals surface area contributed by atoms with Gasteiger partial charge in [-0.15, -0.1) is 0 Å². The first-order chi connectivity index (χ1) is 21.2. The predicted octanol–water partition coefficient (Wildman–Crippen LogP) is 7.92. The standard InChI is InChI=1S/C38H43N2.BF3.FH/c1-6-8-21-39-34(27(3)32-23-28-15-10-12-17-30(28)25-35(32)39)19-14-20-37-38(4,5)33-24-29-16-11-13-18-31(29)26-36(33)40(37)22-9-7-2;2-1(3)4;/h10-20,23-27H,6-9,21-22H2,1-5H3;;1H/q+1;;/p-1. The third-order valence-electron chi connectivity index (χ3n) is 9.16. The van der Waals surface area contributed by atoms with Gasteiger partial charge in [0, 0.05) is 48.0 Å². The Kier molecular flexibility index (Phi) is 11.0. The molecule has 1 unspecified atom stereocenters. The van der Waals surface area contributed by atoms with Crippen molar-refractivity contribution in [1.29, 1.82) is 0 Å². The van der Waals surface area contributed by atoms with Crippen LogP contribution in [0.5, 0.6) is 0 Å². The van der Waals surface area contributed by atoms with Crippen LogP contribution in [0.4, 0.5) is 24.3 Å². The molecule has 2 nitrogen and oxygen atoms in total. The topological polar surface area (TPSA) is 6.25 Å². The van der Waals surface area contributed by atoms with E-state index >= 15 is 0 Å². The highest BCUT2D eigenvalue weighted by Gasteiger charge is 2.44. The minimum absolute atomic E-state index is 0. The van der Waals surface area contributed by atoms with E-state index in [9.17, 15) is 12.9 Å². The summed E-state index contributed by atoms with van der Waals surface area (Å²) in [6.07, 6.45) is 11.9. The molecular weight excluding hydrogens is 571 g/mol. The quantitative estimate of drug-likeness (QED) is 0.111. The summed E-state index contributed by atoms with van der Waals surface area (Å²) in [6, 6.07) is 27.2. The molecule has 0 aliphatic carbocycles. The van der Waals surface area contributed by atoms with Gasteiger partial charge in [-0.25, -0.2) is 0 Å². The Balaban J connectivity index is 0.000000871. The molecule has 7 heteroatoms. The van der Waals surface area contributed by atoms with Crippen LogP contribution in [0.15, 0.2) is 96.7 Å². The molecule has 4 aromatic carbocycles. The predicted molar refractivity (Wildman–Crippen MR) is 183 cm³/mol. The number of hydrogen-bond donors (Lipinski definition) is 0. The largest absolute Gasteiger partial charge is 1.00 e. The van der Waals surface area contributed by atoms with Crippen LogP contribution in [0.3, 0.4) is 0 Å². The molecule has 0 aromatic heterocycles. The van der Waals surface area contributed by atoms with Gasteiger partial charge in [0.05, 0.1) is 5.41 Å². The number of rotatable bonds is 8. The van der Waals surface area contributed by atoms with E-state index in [2.05, 4.69) is 135 Å². The van der Waals surface area contributed by atoms with E-state index in [1.54, 1.807) is 0 Å². The number of unbranched alkanes of at least 4 members (excludes halogenated alkanes) is 2. The van der Waals surface area contributed by atoms with Crippen LogP contribution in [0.1, 0.15) is 77.3 Å². The summed E-state index contributed by atoms with van der Waals surface area (Å²) in [5.74, 6) is 0.376. The minimum atomic E-state index is -3.67. The van der Waals surface area contributed by atoms with Crippen molar-refractivity contribution >= 4 is 46.2 Å². The lowest BCUT2D eigenvalue weighted by atomic mass is 9.80. The number of hydrogen-bond acceptors (Lipinski definition) is 1. The van der Waals surface area contributed by atoms with Crippen LogP contribution in [0, 0.1) is 0 Å². The van der Waals surface area contributed by atoms with Gasteiger partial charge in [0.25, 0.3) is 0 Å². The number of nitrogens with zero attached hydrogens (tertiary/aromatic N) is 2. The Labute approximate surface area is 265 Å². The molecule has 4 aromatic rings. The first kappa shape index (κ1) is 34.0. The molecule has 0 fully saturated rings. The molecule has 0 saturated carbocycles. The van der Waals surface area contributed by atoms with Gasteiger partial charge >= 0.3 is 7.54 Å². The number of benzene rings is 4. The maximum absolute atomic E-state index is 9.67. The summed E-state index contributed by atoms with van der Waals surface area (Å²) in [5, 5.41) is 5.31. The molecule has 2 heterocycles. The zero-order valence-corrected chi connectivity index (χ0v) is 27.0. The Hall–Kier alpha value is -3.87. The van der Waals surface area contributed by atoms with E-state index in [4.69, 9.17) is 0 Å². The maximum Gasteiger partial charge on any atom is 0.762 e. The van der Waals surface area contributed by atoms with Gasteiger partial charge in [-0.3, -0.25) is 12.9 Å². The minimum Gasteiger partial charge on any atom is -1.00 e. The van der Waals surface area contributed by atoms with Crippen LogP contribution in [-0.4, -0.2) is 30.9 Å². The normalized spacial score (nSPS) is 17.5. The summed E-state index contributed by atoms with van der Waals surface area (Å²) < 4.78 is 31.6. The number of anilines is 1. The molecule has 0 N–H and O–H groups in total. The monoisotopic (exact) mass is 614 g/mol. The van der Waals surface area contributed by atoms with Gasteiger partial charge < -0.3 is 9.60 Å². The SMILES string of the molecule is CCCCN1C(=CC=CC2=[N+](CCCC)c3cc4ccccc4cc3C2(C)C)C(C)c2cc3ccccc3cc21.FB(F)F.[F-]. The van der Waals surface area contributed by atoms with E-state index in [0.717, 1.165) is 13.1 Å². The van der Waals surface area contributed by atoms with Crippen molar-refractivity contribution < 1.29 is 22.2 Å². The Morgan fingerprint density at radius 3 is 2.00 bits per heavy atom. The van der Waals surface area contributed by atoms with Gasteiger partial charge in [0.15, 0.2) is 5.71 Å². The number of halogens is 4. The van der Waals surface area contributed by atoms with Gasteiger partial charge in [-0.1, -0.05) is 88.2 Å². The first-order valence-electron chi connectivity index (χ1n) is 16.0. The highest BCUT2D eigenvalue weighted by atomic mass is 19.4. The smallest absolute Gasteiger partial charge is 0.762 e. The zero-order chi connectivity index (χ0) is 31.4. The molecule has 0 spiro atoms. The summed E-state index contributed by atoms with van der Waals surface area (Å²) in [5.41, 5.74) is 8.41. The third-order valence-corrected chi connectivity index (χ3v) is 9.16. The van der Waals surface area contributed by atoms with Crippen molar-refractivity contribution in [3.8, 4) is 0 Å². The van der Waals surface area contributed by atoms with Crippen molar-refractivity contribution in [3.05, 3.63) is 108 Å². The maximum atomic E-state index is 9.67. The van der Waals surface area contributed by atoms with Crippen LogP contribution in [0.25, 0.3) is 21.5 Å². The van der Waals surface area contributed by atoms with Gasteiger partial charge in [0.2, 0.25) is 5.69 Å². The van der Waals surface area contributed by atoms with E-state index in [1.807, 2.05) is 0 Å². The molecule has 2 aliphatic heterocycles. The third kappa shape index (κ3) is 6.88. The zero-order valence-electron chi connectivity index (χ0n) is 27.0. The van der Waals surface area contributed by atoms with Crippen LogP contribution in [0.2, 0.25) is 0 Å². The Morgan fingerprint density at radius 2 is 1.40 bits per heavy atom. The van der Waals surface area contributed by atoms with E-state index in [1.165, 1.54) is 81.1 Å². The molecule has 0 saturated heterocycles. The summed E-state index contributed by atoms with van der Waals surface area (Å²) in [4.78, 5) is 2.58. The van der Waals surface area contributed by atoms with Crippen molar-refractivity contribution in [2.45, 2.75) is 71.6 Å². The van der Waals surface area contributed by atoms with Gasteiger partial charge in [-0.05, 0) is 71.7 Å². The lowest BCUT2D eigenvalue weighted by Gasteiger charge is -2.22. The van der Waals surface area contributed by atoms with Gasteiger partial charge in [0.1, 0.15) is 6.54 Å². The number of allylic oxidation sites excluding steroid dienone is 4. The fourth-order valence-corrected chi connectivity index (χ4v) is 6.81. The highest BCUT2D eigenvalue weighted by molar-refractivity contribution is 6.33. The second-order valence-electron chi connectivity index (χ2n) is 12.4. The average molecular weight is 615 g/mol. The lowest BCUT2D eigenvalue weighted by Crippen LogP contribution is -3.00. The van der Waals surface area contributed by atoms with Gasteiger partial charge in [-0.2, -0.15) is 4.58 Å². The fraction of sp³-hybridized carbons (Fsp3) is 0.342. The van der Waals surface area contributed by atoms with Crippen molar-refractivity contribution in [1.82, 2.24) is 0 Å². The van der Waals surface area contributed by atoms with E-state index in [-0.39, 0.29) is 10.1 Å². The average Bonchev–Trinajstić information content (AvgIpc) is 3.37. The van der Waals surface area contributed by atoms with Crippen LogP contribution < -0.4 is 9.60 Å². The molecule has 1 atom stereocenters. The van der Waals surface area contributed by atoms with Crippen LogP contribution in [-0.2, 0) is 5.41 Å². The summed E-state index contributed by atoms with van der Waals surface area (Å²) in [6.45, 7) is 13.9. The molecule has 0 amide bonds. The Bertz CT molecular complexity index is 1740. The molecular formula is C38H43BF4N2. The van der Waals surface area contributed by atoms with E-state index in [0.29, 0.717) is 5.92 Å². The second-order valence-corrected chi connectivity index (χ2v) is 12.4. The van der Waals surface area contributed by atoms with Crippen molar-refractivity contribution in [2.24, 2.45) is 0 Å². The van der Waals surface area contributed by atoms with Crippen molar-refractivity contribution in [3.63, 3.8) is 0 Å². The summed E-state index contributed by atoms with van der Waals surface area (Å²) >= 11 is 0. The molecule has 0 radical (unpaired) electrons.